The molecular formula is C28H27O2P. The molecule has 0 bridgehead atoms. The normalized spacial score (nSPS) is 11.4. The van der Waals surface area contributed by atoms with Crippen LogP contribution in [0.15, 0.2) is 91.0 Å². The summed E-state index contributed by atoms with van der Waals surface area (Å²) < 4.78 is 21.6. The molecule has 4 aromatic rings. The molecule has 4 aromatic carbocycles. The quantitative estimate of drug-likeness (QED) is 0.348. The lowest BCUT2D eigenvalue weighted by atomic mass is 10.1. The monoisotopic (exact) mass is 426 g/mol. The van der Waals surface area contributed by atoms with Gasteiger partial charge in [0.25, 0.3) is 0 Å². The van der Waals surface area contributed by atoms with E-state index >= 15 is 4.57 Å². The molecule has 0 aliphatic carbocycles. The molecule has 156 valence electrons. The van der Waals surface area contributed by atoms with Gasteiger partial charge in [-0.15, -0.1) is 0 Å². The zero-order chi connectivity index (χ0) is 22.0. The van der Waals surface area contributed by atoms with Crippen molar-refractivity contribution < 1.29 is 9.30 Å². The van der Waals surface area contributed by atoms with E-state index in [1.54, 1.807) is 0 Å². The van der Waals surface area contributed by atoms with E-state index in [-0.39, 0.29) is 0 Å². The summed E-state index contributed by atoms with van der Waals surface area (Å²) >= 11 is 0. The first-order valence-corrected chi connectivity index (χ1v) is 12.2. The maximum atomic E-state index is 15.1. The van der Waals surface area contributed by atoms with Gasteiger partial charge in [-0.05, 0) is 56.0 Å². The van der Waals surface area contributed by atoms with Crippen molar-refractivity contribution >= 4 is 23.1 Å². The molecule has 0 aromatic heterocycles. The van der Waals surface area contributed by atoms with Crippen LogP contribution in [-0.2, 0) is 4.57 Å². The van der Waals surface area contributed by atoms with Crippen LogP contribution in [0.2, 0.25) is 0 Å². The van der Waals surface area contributed by atoms with Crippen LogP contribution in [0, 0.1) is 27.7 Å². The fourth-order valence-corrected chi connectivity index (χ4v) is 6.98. The maximum Gasteiger partial charge on any atom is 0.174 e. The molecule has 2 nitrogen and oxygen atoms in total. The number of hydrogen-bond donors (Lipinski definition) is 0. The van der Waals surface area contributed by atoms with Gasteiger partial charge in [0.05, 0.1) is 5.30 Å². The van der Waals surface area contributed by atoms with Gasteiger partial charge in [-0.25, -0.2) is 0 Å². The molecule has 0 saturated carbocycles. The molecule has 0 radical (unpaired) electrons. The average Bonchev–Trinajstić information content (AvgIpc) is 2.79. The van der Waals surface area contributed by atoms with E-state index in [4.69, 9.17) is 4.74 Å². The molecule has 0 aliphatic heterocycles. The molecule has 4 rings (SSSR count). The van der Waals surface area contributed by atoms with Crippen molar-refractivity contribution in [3.8, 4) is 11.5 Å². The molecule has 3 heteroatoms. The summed E-state index contributed by atoms with van der Waals surface area (Å²) in [6.07, 6.45) is 0. The second-order valence-corrected chi connectivity index (χ2v) is 10.7. The van der Waals surface area contributed by atoms with Crippen molar-refractivity contribution in [1.29, 1.82) is 0 Å². The van der Waals surface area contributed by atoms with Crippen LogP contribution < -0.4 is 20.7 Å². The molecule has 0 unspecified atom stereocenters. The third-order valence-corrected chi connectivity index (χ3v) is 8.88. The average molecular weight is 426 g/mol. The van der Waals surface area contributed by atoms with Crippen LogP contribution >= 0.6 is 7.14 Å². The summed E-state index contributed by atoms with van der Waals surface area (Å²) in [5.74, 6) is 1.48. The lowest BCUT2D eigenvalue weighted by Crippen LogP contribution is -2.28. The van der Waals surface area contributed by atoms with E-state index in [9.17, 15) is 0 Å². The molecule has 0 aliphatic rings. The van der Waals surface area contributed by atoms with Crippen molar-refractivity contribution in [1.82, 2.24) is 0 Å². The smallest absolute Gasteiger partial charge is 0.174 e. The van der Waals surface area contributed by atoms with Crippen molar-refractivity contribution in [2.45, 2.75) is 27.7 Å². The van der Waals surface area contributed by atoms with Gasteiger partial charge in [0.1, 0.15) is 11.5 Å². The van der Waals surface area contributed by atoms with E-state index in [0.717, 1.165) is 43.9 Å². The Morgan fingerprint density at radius 1 is 0.613 bits per heavy atom. The minimum atomic E-state index is -3.17. The maximum absolute atomic E-state index is 15.1. The van der Waals surface area contributed by atoms with Crippen LogP contribution in [0.4, 0.5) is 0 Å². The second-order valence-electron chi connectivity index (χ2n) is 8.03. The highest BCUT2D eigenvalue weighted by atomic mass is 31.2. The Labute approximate surface area is 184 Å². The van der Waals surface area contributed by atoms with Crippen molar-refractivity contribution in [3.05, 3.63) is 113 Å². The van der Waals surface area contributed by atoms with Gasteiger partial charge in [0.15, 0.2) is 7.14 Å². The van der Waals surface area contributed by atoms with Gasteiger partial charge in [0.2, 0.25) is 0 Å². The Balaban J connectivity index is 2.02. The van der Waals surface area contributed by atoms with Gasteiger partial charge in [0, 0.05) is 10.6 Å². The Morgan fingerprint density at radius 3 is 1.71 bits per heavy atom. The third kappa shape index (κ3) is 3.96. The van der Waals surface area contributed by atoms with Crippen molar-refractivity contribution in [2.24, 2.45) is 0 Å². The van der Waals surface area contributed by atoms with Gasteiger partial charge in [-0.3, -0.25) is 0 Å². The van der Waals surface area contributed by atoms with Gasteiger partial charge in [-0.1, -0.05) is 84.9 Å². The zero-order valence-corrected chi connectivity index (χ0v) is 19.3. The predicted octanol–water partition coefficient (Wildman–Crippen LogP) is 6.35. The minimum absolute atomic E-state index is 0.685. The molecule has 0 heterocycles. The summed E-state index contributed by atoms with van der Waals surface area (Å²) in [6.45, 7) is 8.12. The zero-order valence-electron chi connectivity index (χ0n) is 18.4. The summed E-state index contributed by atoms with van der Waals surface area (Å²) in [7, 11) is -3.17. The minimum Gasteiger partial charge on any atom is -0.456 e. The molecule has 0 amide bonds. The second kappa shape index (κ2) is 8.57. The van der Waals surface area contributed by atoms with Crippen LogP contribution in [-0.4, -0.2) is 0 Å². The molecule has 0 atom stereocenters. The standard InChI is InChI=1S/C28H27O2P/c1-20-15-16-21(2)26(19-20)30-27-22(3)17-18-23(4)28(27)31(29,24-11-7-5-8-12-24)25-13-9-6-10-14-25/h5-19H,1-4H3. The van der Waals surface area contributed by atoms with Crippen molar-refractivity contribution in [3.63, 3.8) is 0 Å². The Kier molecular flexibility index (Phi) is 5.85. The predicted molar refractivity (Wildman–Crippen MR) is 131 cm³/mol. The van der Waals surface area contributed by atoms with Crippen molar-refractivity contribution in [2.75, 3.05) is 0 Å². The number of hydrogen-bond acceptors (Lipinski definition) is 2. The molecule has 31 heavy (non-hydrogen) atoms. The topological polar surface area (TPSA) is 26.3 Å². The summed E-state index contributed by atoms with van der Waals surface area (Å²) in [5.41, 5.74) is 4.10. The highest BCUT2D eigenvalue weighted by Gasteiger charge is 2.35. The van der Waals surface area contributed by atoms with Crippen LogP contribution in [0.25, 0.3) is 0 Å². The SMILES string of the molecule is Cc1ccc(C)c(Oc2c(C)ccc(C)c2P(=O)(c2ccccc2)c2ccccc2)c1. The number of aryl methyl sites for hydroxylation is 4. The van der Waals surface area contributed by atoms with Gasteiger partial charge in [-0.2, -0.15) is 0 Å². The summed E-state index contributed by atoms with van der Waals surface area (Å²) in [6, 6.07) is 29.8. The lowest BCUT2D eigenvalue weighted by Gasteiger charge is -2.26. The van der Waals surface area contributed by atoms with Crippen LogP contribution in [0.1, 0.15) is 22.3 Å². The summed E-state index contributed by atoms with van der Waals surface area (Å²) in [5, 5.41) is 2.38. The Bertz CT molecular complexity index is 1220. The van der Waals surface area contributed by atoms with Crippen LogP contribution in [0.5, 0.6) is 11.5 Å². The number of benzene rings is 4. The molecular weight excluding hydrogens is 399 g/mol. The third-order valence-electron chi connectivity index (χ3n) is 5.64. The van der Waals surface area contributed by atoms with E-state index in [1.165, 1.54) is 0 Å². The summed E-state index contributed by atoms with van der Waals surface area (Å²) in [4.78, 5) is 0. The highest BCUT2D eigenvalue weighted by molar-refractivity contribution is 7.85. The fraction of sp³-hybridized carbons (Fsp3) is 0.143. The van der Waals surface area contributed by atoms with E-state index in [2.05, 4.69) is 19.1 Å². The highest BCUT2D eigenvalue weighted by Crippen LogP contribution is 2.47. The Hall–Kier alpha value is -3.09. The first-order chi connectivity index (χ1) is 14.9. The van der Waals surface area contributed by atoms with E-state index in [0.29, 0.717) is 5.75 Å². The lowest BCUT2D eigenvalue weighted by molar-refractivity contribution is 0.478. The molecule has 0 N–H and O–H groups in total. The Morgan fingerprint density at radius 2 is 1.13 bits per heavy atom. The number of ether oxygens (including phenoxy) is 1. The first kappa shape index (κ1) is 21.2. The largest absolute Gasteiger partial charge is 0.456 e. The molecule has 0 spiro atoms. The van der Waals surface area contributed by atoms with Gasteiger partial charge >= 0.3 is 0 Å². The van der Waals surface area contributed by atoms with E-state index in [1.807, 2.05) is 99.6 Å². The fourth-order valence-electron chi connectivity index (χ4n) is 3.90. The first-order valence-electron chi connectivity index (χ1n) is 10.5. The molecule has 0 saturated heterocycles. The number of rotatable bonds is 5. The molecule has 0 fully saturated rings. The van der Waals surface area contributed by atoms with Crippen LogP contribution in [0.3, 0.4) is 0 Å². The van der Waals surface area contributed by atoms with Gasteiger partial charge < -0.3 is 9.30 Å². The van der Waals surface area contributed by atoms with E-state index < -0.39 is 7.14 Å².